The number of fused-ring (bicyclic) bond motifs is 2. The van der Waals surface area contributed by atoms with Crippen molar-refractivity contribution < 1.29 is 9.28 Å². The lowest BCUT2D eigenvalue weighted by molar-refractivity contribution is -0.966. The molecular weight excluding hydrogens is 188 g/mol. The van der Waals surface area contributed by atoms with E-state index in [1.54, 1.807) is 6.92 Å². The predicted molar refractivity (Wildman–Crippen MR) is 60.4 cm³/mol. The Kier molecular flexibility index (Phi) is 2.53. The van der Waals surface area contributed by atoms with Crippen LogP contribution in [0, 0.1) is 0 Å². The highest BCUT2D eigenvalue weighted by molar-refractivity contribution is 5.73. The molecule has 1 amide bonds. The fourth-order valence-corrected chi connectivity index (χ4v) is 3.46. The molecular formula is C12H23N2O+. The molecule has 2 heterocycles. The van der Waals surface area contributed by atoms with Crippen molar-refractivity contribution in [3.05, 3.63) is 0 Å². The van der Waals surface area contributed by atoms with Gasteiger partial charge in [0.1, 0.15) is 12.1 Å². The molecule has 0 spiro atoms. The first-order chi connectivity index (χ1) is 6.96. The summed E-state index contributed by atoms with van der Waals surface area (Å²) in [6.45, 7) is 8.27. The van der Waals surface area contributed by atoms with Crippen LogP contribution in [0.15, 0.2) is 0 Å². The molecule has 0 aromatic heterocycles. The van der Waals surface area contributed by atoms with Crippen molar-refractivity contribution in [1.29, 1.82) is 0 Å². The molecule has 2 unspecified atom stereocenters. The van der Waals surface area contributed by atoms with Crippen LogP contribution in [0.4, 0.5) is 0 Å². The Bertz CT molecular complexity index is 261. The zero-order valence-electron chi connectivity index (χ0n) is 10.4. The molecule has 15 heavy (non-hydrogen) atoms. The molecule has 2 saturated heterocycles. The second-order valence-corrected chi connectivity index (χ2v) is 5.62. The second-order valence-electron chi connectivity index (χ2n) is 5.62. The van der Waals surface area contributed by atoms with Gasteiger partial charge in [0.2, 0.25) is 5.91 Å². The first-order valence-electron chi connectivity index (χ1n) is 6.07. The monoisotopic (exact) mass is 211 g/mol. The fraction of sp³-hybridized carbons (Fsp3) is 0.917. The van der Waals surface area contributed by atoms with Gasteiger partial charge in [-0.05, 0) is 13.8 Å². The Labute approximate surface area is 92.6 Å². The topological polar surface area (TPSA) is 20.3 Å². The van der Waals surface area contributed by atoms with Gasteiger partial charge < -0.3 is 9.38 Å². The lowest BCUT2D eigenvalue weighted by atomic mass is 10.1. The summed E-state index contributed by atoms with van der Waals surface area (Å²) in [5.74, 6) is 0.252. The van der Waals surface area contributed by atoms with Crippen molar-refractivity contribution in [3.8, 4) is 0 Å². The van der Waals surface area contributed by atoms with Crippen molar-refractivity contribution in [2.24, 2.45) is 0 Å². The van der Waals surface area contributed by atoms with Gasteiger partial charge in [-0.1, -0.05) is 0 Å². The summed E-state index contributed by atoms with van der Waals surface area (Å²) in [6.07, 6.45) is 2.59. The molecule has 2 rings (SSSR count). The standard InChI is InChI=1S/C12H23N2O/c1-9(2)14(4)11-5-6-12(14)8-13(7-11)10(3)15/h9,11-12H,5-8H2,1-4H3/q+1. The lowest BCUT2D eigenvalue weighted by Gasteiger charge is -2.50. The van der Waals surface area contributed by atoms with Crippen molar-refractivity contribution in [2.45, 2.75) is 51.7 Å². The molecule has 0 aromatic rings. The number of likely N-dealkylation sites (tertiary alicyclic amines) is 1. The van der Waals surface area contributed by atoms with E-state index in [4.69, 9.17) is 0 Å². The minimum atomic E-state index is 0.252. The van der Waals surface area contributed by atoms with Crippen molar-refractivity contribution in [2.75, 3.05) is 20.1 Å². The van der Waals surface area contributed by atoms with E-state index in [0.717, 1.165) is 13.1 Å². The third-order valence-electron chi connectivity index (χ3n) is 4.83. The van der Waals surface area contributed by atoms with E-state index in [0.29, 0.717) is 18.1 Å². The number of piperazine rings is 1. The van der Waals surface area contributed by atoms with Crippen molar-refractivity contribution in [3.63, 3.8) is 0 Å². The number of amides is 1. The van der Waals surface area contributed by atoms with Crippen molar-refractivity contribution in [1.82, 2.24) is 4.90 Å². The molecule has 2 aliphatic rings. The highest BCUT2D eigenvalue weighted by Gasteiger charge is 2.52. The molecule has 0 aromatic carbocycles. The molecule has 86 valence electrons. The Morgan fingerprint density at radius 2 is 1.73 bits per heavy atom. The summed E-state index contributed by atoms with van der Waals surface area (Å²) < 4.78 is 1.18. The van der Waals surface area contributed by atoms with Gasteiger partial charge in [0.25, 0.3) is 0 Å². The summed E-state index contributed by atoms with van der Waals surface area (Å²) >= 11 is 0. The molecule has 0 saturated carbocycles. The number of rotatable bonds is 1. The van der Waals surface area contributed by atoms with Crippen LogP contribution < -0.4 is 0 Å². The summed E-state index contributed by atoms with van der Waals surface area (Å²) in [4.78, 5) is 13.5. The number of nitrogens with zero attached hydrogens (tertiary/aromatic N) is 2. The maximum Gasteiger partial charge on any atom is 0.219 e. The Balaban J connectivity index is 2.20. The molecule has 0 N–H and O–H groups in total. The maximum absolute atomic E-state index is 11.4. The summed E-state index contributed by atoms with van der Waals surface area (Å²) in [5.41, 5.74) is 0. The van der Waals surface area contributed by atoms with Crippen LogP contribution in [0.25, 0.3) is 0 Å². The van der Waals surface area contributed by atoms with Gasteiger partial charge in [-0.3, -0.25) is 4.79 Å². The SMILES string of the molecule is CC(=O)N1CC2CCC(C1)[N+]2(C)C(C)C. The minimum absolute atomic E-state index is 0.252. The molecule has 3 nitrogen and oxygen atoms in total. The van der Waals surface area contributed by atoms with Crippen molar-refractivity contribution >= 4 is 5.91 Å². The highest BCUT2D eigenvalue weighted by Crippen LogP contribution is 2.38. The van der Waals surface area contributed by atoms with Crippen LogP contribution >= 0.6 is 0 Å². The van der Waals surface area contributed by atoms with Gasteiger partial charge in [-0.2, -0.15) is 0 Å². The van der Waals surface area contributed by atoms with Gasteiger partial charge in [-0.15, -0.1) is 0 Å². The molecule has 2 bridgehead atoms. The fourth-order valence-electron chi connectivity index (χ4n) is 3.46. The average Bonchev–Trinajstić information content (AvgIpc) is 2.39. The van der Waals surface area contributed by atoms with Crippen LogP contribution in [0.5, 0.6) is 0 Å². The van der Waals surface area contributed by atoms with E-state index >= 15 is 0 Å². The van der Waals surface area contributed by atoms with E-state index in [1.165, 1.54) is 17.3 Å². The van der Waals surface area contributed by atoms with Gasteiger partial charge in [0, 0.05) is 19.8 Å². The summed E-state index contributed by atoms with van der Waals surface area (Å²) in [5, 5.41) is 0. The Hall–Kier alpha value is -0.570. The predicted octanol–water partition coefficient (Wildman–Crippen LogP) is 1.23. The number of hydrogen-bond acceptors (Lipinski definition) is 1. The first kappa shape index (κ1) is 10.9. The van der Waals surface area contributed by atoms with Crippen LogP contribution in [0.2, 0.25) is 0 Å². The van der Waals surface area contributed by atoms with Gasteiger partial charge in [0.05, 0.1) is 26.2 Å². The summed E-state index contributed by atoms with van der Waals surface area (Å²) in [7, 11) is 2.38. The molecule has 2 atom stereocenters. The van der Waals surface area contributed by atoms with E-state index in [9.17, 15) is 4.79 Å². The number of likely N-dealkylation sites (N-methyl/N-ethyl adjacent to an activating group) is 1. The third-order valence-corrected chi connectivity index (χ3v) is 4.83. The number of carbonyl (C=O) groups is 1. The van der Waals surface area contributed by atoms with E-state index in [1.807, 2.05) is 4.90 Å². The van der Waals surface area contributed by atoms with Crippen LogP contribution in [-0.4, -0.2) is 53.6 Å². The zero-order chi connectivity index (χ0) is 11.2. The van der Waals surface area contributed by atoms with E-state index in [2.05, 4.69) is 20.9 Å². The van der Waals surface area contributed by atoms with E-state index in [-0.39, 0.29) is 5.91 Å². The van der Waals surface area contributed by atoms with Crippen LogP contribution in [0.3, 0.4) is 0 Å². The minimum Gasteiger partial charge on any atom is -0.331 e. The maximum atomic E-state index is 11.4. The highest BCUT2D eigenvalue weighted by atomic mass is 16.2. The van der Waals surface area contributed by atoms with Gasteiger partial charge >= 0.3 is 0 Å². The Morgan fingerprint density at radius 3 is 2.07 bits per heavy atom. The van der Waals surface area contributed by atoms with Crippen LogP contribution in [-0.2, 0) is 4.79 Å². The molecule has 0 radical (unpaired) electrons. The van der Waals surface area contributed by atoms with Gasteiger partial charge in [-0.25, -0.2) is 0 Å². The first-order valence-corrected chi connectivity index (χ1v) is 6.07. The third kappa shape index (κ3) is 1.48. The number of quaternary nitrogens is 1. The second kappa shape index (κ2) is 3.48. The normalized spacial score (nSPS) is 39.9. The number of carbonyl (C=O) groups excluding carboxylic acids is 1. The zero-order valence-corrected chi connectivity index (χ0v) is 10.4. The molecule has 3 heteroatoms. The average molecular weight is 211 g/mol. The lowest BCUT2D eigenvalue weighted by Crippen LogP contribution is -2.67. The Morgan fingerprint density at radius 1 is 1.27 bits per heavy atom. The van der Waals surface area contributed by atoms with E-state index < -0.39 is 0 Å². The molecule has 2 fully saturated rings. The quantitative estimate of drug-likeness (QED) is 0.598. The largest absolute Gasteiger partial charge is 0.331 e. The number of hydrogen-bond donors (Lipinski definition) is 0. The van der Waals surface area contributed by atoms with Gasteiger partial charge in [0.15, 0.2) is 0 Å². The smallest absolute Gasteiger partial charge is 0.219 e. The van der Waals surface area contributed by atoms with Crippen LogP contribution in [0.1, 0.15) is 33.6 Å². The summed E-state index contributed by atoms with van der Waals surface area (Å²) in [6, 6.07) is 2.02. The molecule has 2 aliphatic heterocycles. The molecule has 0 aliphatic carbocycles.